The van der Waals surface area contributed by atoms with Gasteiger partial charge in [-0.2, -0.15) is 0 Å². The van der Waals surface area contributed by atoms with Crippen molar-refractivity contribution in [3.05, 3.63) is 42.1 Å². The number of fused-ring (bicyclic) bond motifs is 1. The van der Waals surface area contributed by atoms with Gasteiger partial charge in [-0.3, -0.25) is 9.78 Å². The molecule has 1 amide bonds. The average Bonchev–Trinajstić information content (AvgIpc) is 2.50. The second-order valence-corrected chi connectivity index (χ2v) is 5.72. The molecule has 0 fully saturated rings. The minimum atomic E-state index is -0.0118. The number of alkyl halides is 1. The van der Waals surface area contributed by atoms with Gasteiger partial charge < -0.3 is 5.32 Å². The smallest absolute Gasteiger partial charge is 0.251 e. The van der Waals surface area contributed by atoms with E-state index in [4.69, 9.17) is 0 Å². The first kappa shape index (κ1) is 15.0. The van der Waals surface area contributed by atoms with Crippen LogP contribution >= 0.6 is 15.9 Å². The quantitative estimate of drug-likeness (QED) is 0.645. The van der Waals surface area contributed by atoms with Gasteiger partial charge in [0.2, 0.25) is 0 Å². The van der Waals surface area contributed by atoms with E-state index >= 15 is 0 Å². The maximum Gasteiger partial charge on any atom is 0.251 e. The van der Waals surface area contributed by atoms with Crippen LogP contribution in [-0.2, 0) is 0 Å². The Labute approximate surface area is 127 Å². The highest BCUT2D eigenvalue weighted by Crippen LogP contribution is 2.13. The first-order valence-electron chi connectivity index (χ1n) is 6.89. The van der Waals surface area contributed by atoms with Gasteiger partial charge in [-0.05, 0) is 43.0 Å². The summed E-state index contributed by atoms with van der Waals surface area (Å²) in [4.78, 5) is 16.3. The first-order valence-corrected chi connectivity index (χ1v) is 8.02. The number of halogens is 1. The van der Waals surface area contributed by atoms with Crippen LogP contribution in [0.1, 0.15) is 30.1 Å². The normalized spacial score (nSPS) is 12.3. The lowest BCUT2D eigenvalue weighted by Crippen LogP contribution is -2.24. The fraction of sp³-hybridized carbons (Fsp3) is 0.375. The van der Waals surface area contributed by atoms with Crippen LogP contribution in [0.25, 0.3) is 10.9 Å². The molecule has 2 aromatic rings. The molecule has 0 bridgehead atoms. The van der Waals surface area contributed by atoms with Crippen LogP contribution in [0.3, 0.4) is 0 Å². The van der Waals surface area contributed by atoms with Gasteiger partial charge in [0.25, 0.3) is 5.91 Å². The zero-order valence-corrected chi connectivity index (χ0v) is 13.2. The monoisotopic (exact) mass is 334 g/mol. The zero-order chi connectivity index (χ0) is 14.4. The third-order valence-corrected chi connectivity index (χ3v) is 4.39. The Morgan fingerprint density at radius 3 is 3.05 bits per heavy atom. The number of amides is 1. The van der Waals surface area contributed by atoms with Gasteiger partial charge >= 0.3 is 0 Å². The number of rotatable bonds is 6. The second kappa shape index (κ2) is 7.39. The Hall–Kier alpha value is -1.42. The van der Waals surface area contributed by atoms with Crippen LogP contribution in [0.15, 0.2) is 36.5 Å². The van der Waals surface area contributed by atoms with Gasteiger partial charge in [0.15, 0.2) is 0 Å². The molecule has 0 spiro atoms. The molecule has 20 heavy (non-hydrogen) atoms. The predicted molar refractivity (Wildman–Crippen MR) is 86.3 cm³/mol. The molecule has 0 saturated heterocycles. The SMILES string of the molecule is CC(CBr)CCCNC(=O)c1ccc2ncccc2c1. The van der Waals surface area contributed by atoms with E-state index in [2.05, 4.69) is 33.2 Å². The third-order valence-electron chi connectivity index (χ3n) is 3.29. The highest BCUT2D eigenvalue weighted by molar-refractivity contribution is 9.09. The summed E-state index contributed by atoms with van der Waals surface area (Å²) in [5, 5.41) is 4.97. The van der Waals surface area contributed by atoms with Crippen molar-refractivity contribution in [1.82, 2.24) is 10.3 Å². The van der Waals surface area contributed by atoms with E-state index < -0.39 is 0 Å². The van der Waals surface area contributed by atoms with E-state index in [0.29, 0.717) is 11.5 Å². The summed E-state index contributed by atoms with van der Waals surface area (Å²) in [6.45, 7) is 2.92. The number of pyridine rings is 1. The van der Waals surface area contributed by atoms with Crippen molar-refractivity contribution < 1.29 is 4.79 Å². The topological polar surface area (TPSA) is 42.0 Å². The molecule has 1 atom stereocenters. The molecule has 4 heteroatoms. The number of hydrogen-bond donors (Lipinski definition) is 1. The van der Waals surface area contributed by atoms with Crippen molar-refractivity contribution >= 4 is 32.7 Å². The molecule has 1 unspecified atom stereocenters. The van der Waals surface area contributed by atoms with E-state index in [0.717, 1.165) is 35.6 Å². The van der Waals surface area contributed by atoms with Crippen molar-refractivity contribution in [3.63, 3.8) is 0 Å². The van der Waals surface area contributed by atoms with Crippen molar-refractivity contribution in [2.45, 2.75) is 19.8 Å². The van der Waals surface area contributed by atoms with Crippen LogP contribution in [0.2, 0.25) is 0 Å². The number of carbonyl (C=O) groups is 1. The van der Waals surface area contributed by atoms with E-state index in [9.17, 15) is 4.79 Å². The number of nitrogens with one attached hydrogen (secondary N) is 1. The Kier molecular flexibility index (Phi) is 5.53. The Balaban J connectivity index is 1.91. The van der Waals surface area contributed by atoms with Crippen molar-refractivity contribution in [1.29, 1.82) is 0 Å². The summed E-state index contributed by atoms with van der Waals surface area (Å²) in [6, 6.07) is 9.45. The Morgan fingerprint density at radius 2 is 2.25 bits per heavy atom. The number of nitrogens with zero attached hydrogens (tertiary/aromatic N) is 1. The molecule has 0 radical (unpaired) electrons. The summed E-state index contributed by atoms with van der Waals surface area (Å²) in [7, 11) is 0. The van der Waals surface area contributed by atoms with Crippen LogP contribution in [-0.4, -0.2) is 22.8 Å². The Bertz CT molecular complexity index is 585. The molecule has 1 aromatic heterocycles. The van der Waals surface area contributed by atoms with Crippen molar-refractivity contribution in [2.75, 3.05) is 11.9 Å². The maximum atomic E-state index is 12.1. The van der Waals surface area contributed by atoms with Crippen molar-refractivity contribution in [2.24, 2.45) is 5.92 Å². The molecular weight excluding hydrogens is 316 g/mol. The van der Waals surface area contributed by atoms with Crippen LogP contribution in [0.5, 0.6) is 0 Å². The zero-order valence-electron chi connectivity index (χ0n) is 11.6. The largest absolute Gasteiger partial charge is 0.352 e. The standard InChI is InChI=1S/C16H19BrN2O/c1-12(11-17)4-2-9-19-16(20)14-6-7-15-13(10-14)5-3-8-18-15/h3,5-8,10,12H,2,4,9,11H2,1H3,(H,19,20). The molecule has 0 aliphatic carbocycles. The number of aromatic nitrogens is 1. The van der Waals surface area contributed by atoms with E-state index in [1.54, 1.807) is 6.20 Å². The number of carbonyl (C=O) groups excluding carboxylic acids is 1. The van der Waals surface area contributed by atoms with E-state index in [-0.39, 0.29) is 5.91 Å². The van der Waals surface area contributed by atoms with Gasteiger partial charge in [0, 0.05) is 29.0 Å². The van der Waals surface area contributed by atoms with Crippen LogP contribution in [0.4, 0.5) is 0 Å². The summed E-state index contributed by atoms with van der Waals surface area (Å²) >= 11 is 3.46. The molecule has 1 aromatic carbocycles. The summed E-state index contributed by atoms with van der Waals surface area (Å²) in [5.74, 6) is 0.640. The lowest BCUT2D eigenvalue weighted by atomic mass is 10.1. The highest BCUT2D eigenvalue weighted by atomic mass is 79.9. The van der Waals surface area contributed by atoms with Crippen molar-refractivity contribution in [3.8, 4) is 0 Å². The molecule has 0 aliphatic heterocycles. The lowest BCUT2D eigenvalue weighted by Gasteiger charge is -2.08. The molecule has 2 rings (SSSR count). The highest BCUT2D eigenvalue weighted by Gasteiger charge is 2.06. The third kappa shape index (κ3) is 4.04. The molecule has 0 aliphatic rings. The average molecular weight is 335 g/mol. The van der Waals surface area contributed by atoms with Gasteiger partial charge in [0.1, 0.15) is 0 Å². The van der Waals surface area contributed by atoms with Gasteiger partial charge in [-0.15, -0.1) is 0 Å². The summed E-state index contributed by atoms with van der Waals surface area (Å²) in [6.07, 6.45) is 3.88. The fourth-order valence-corrected chi connectivity index (χ4v) is 2.37. The molecule has 0 saturated carbocycles. The van der Waals surface area contributed by atoms with E-state index in [1.807, 2.05) is 30.3 Å². The maximum absolute atomic E-state index is 12.1. The fourth-order valence-electron chi connectivity index (χ4n) is 2.05. The lowest BCUT2D eigenvalue weighted by molar-refractivity contribution is 0.0952. The van der Waals surface area contributed by atoms with Gasteiger partial charge in [0.05, 0.1) is 5.52 Å². The minimum Gasteiger partial charge on any atom is -0.352 e. The summed E-state index contributed by atoms with van der Waals surface area (Å²) < 4.78 is 0. The molecule has 3 nitrogen and oxygen atoms in total. The second-order valence-electron chi connectivity index (χ2n) is 5.07. The number of benzene rings is 1. The van der Waals surface area contributed by atoms with Crippen LogP contribution < -0.4 is 5.32 Å². The minimum absolute atomic E-state index is 0.0118. The van der Waals surface area contributed by atoms with Crippen LogP contribution in [0, 0.1) is 5.92 Å². The Morgan fingerprint density at radius 1 is 1.40 bits per heavy atom. The summed E-state index contributed by atoms with van der Waals surface area (Å²) in [5.41, 5.74) is 1.61. The molecular formula is C16H19BrN2O. The van der Waals surface area contributed by atoms with Gasteiger partial charge in [-0.25, -0.2) is 0 Å². The molecule has 1 heterocycles. The van der Waals surface area contributed by atoms with E-state index in [1.165, 1.54) is 0 Å². The molecule has 106 valence electrons. The van der Waals surface area contributed by atoms with Gasteiger partial charge in [-0.1, -0.05) is 28.9 Å². The number of hydrogen-bond acceptors (Lipinski definition) is 2. The molecule has 1 N–H and O–H groups in total. The first-order chi connectivity index (χ1) is 9.70. The predicted octanol–water partition coefficient (Wildman–Crippen LogP) is 3.78.